The molecule has 2 atom stereocenters. The van der Waals surface area contributed by atoms with Crippen LogP contribution in [0.4, 0.5) is 0 Å². The van der Waals surface area contributed by atoms with Crippen LogP contribution >= 0.6 is 0 Å². The number of hydrogen-bond donors (Lipinski definition) is 0. The second-order valence-electron chi connectivity index (χ2n) is 3.67. The zero-order chi connectivity index (χ0) is 11.5. The molecular formula is C11H12N2O2. The van der Waals surface area contributed by atoms with Crippen molar-refractivity contribution in [1.82, 2.24) is 0 Å². The van der Waals surface area contributed by atoms with Crippen molar-refractivity contribution < 1.29 is 9.47 Å². The summed E-state index contributed by atoms with van der Waals surface area (Å²) < 4.78 is 9.82. The minimum atomic E-state index is -0.652. The van der Waals surface area contributed by atoms with Gasteiger partial charge in [-0.2, -0.15) is 5.26 Å². The molecule has 0 saturated heterocycles. The molecule has 4 heteroatoms. The van der Waals surface area contributed by atoms with Crippen LogP contribution in [0.3, 0.4) is 0 Å². The largest absolute Gasteiger partial charge is 0.416 e. The maximum Gasteiger partial charge on any atom is 0.292 e. The molecule has 0 bridgehead atoms. The lowest BCUT2D eigenvalue weighted by Crippen LogP contribution is -2.35. The molecule has 2 unspecified atom stereocenters. The van der Waals surface area contributed by atoms with Crippen LogP contribution in [0.5, 0.6) is 0 Å². The van der Waals surface area contributed by atoms with Crippen LogP contribution in [0.2, 0.25) is 0 Å². The van der Waals surface area contributed by atoms with Crippen molar-refractivity contribution in [2.45, 2.75) is 26.4 Å². The summed E-state index contributed by atoms with van der Waals surface area (Å²) >= 11 is 0. The first kappa shape index (κ1) is 11.1. The van der Waals surface area contributed by atoms with E-state index < -0.39 is 5.60 Å². The van der Waals surface area contributed by atoms with Gasteiger partial charge in [0.05, 0.1) is 0 Å². The summed E-state index contributed by atoms with van der Waals surface area (Å²) in [6.45, 7) is 5.61. The first-order chi connectivity index (χ1) is 7.05. The standard InChI is InChI=1S/C11H12N2O2/c1-8-9(2)11(3,15-7-13)5-4-10(8)14-6-12/h4-5,9H,1-3H3. The van der Waals surface area contributed by atoms with Crippen molar-refractivity contribution in [3.8, 4) is 12.5 Å². The highest BCUT2D eigenvalue weighted by Gasteiger charge is 2.36. The fourth-order valence-corrected chi connectivity index (χ4v) is 1.54. The van der Waals surface area contributed by atoms with E-state index in [1.54, 1.807) is 24.7 Å². The SMILES string of the molecule is CC1=C(OC#N)C=CC(C)(OC#N)C1C. The van der Waals surface area contributed by atoms with Crippen molar-refractivity contribution in [2.75, 3.05) is 0 Å². The van der Waals surface area contributed by atoms with E-state index >= 15 is 0 Å². The predicted octanol–water partition coefficient (Wildman–Crippen LogP) is 2.22. The molecule has 0 aliphatic heterocycles. The van der Waals surface area contributed by atoms with Crippen LogP contribution in [-0.4, -0.2) is 5.60 Å². The fraction of sp³-hybridized carbons (Fsp3) is 0.455. The Balaban J connectivity index is 3.00. The molecule has 0 fully saturated rings. The van der Waals surface area contributed by atoms with Gasteiger partial charge in [0.2, 0.25) is 0 Å². The lowest BCUT2D eigenvalue weighted by Gasteiger charge is -2.33. The van der Waals surface area contributed by atoms with E-state index in [-0.39, 0.29) is 5.92 Å². The molecule has 0 amide bonds. The van der Waals surface area contributed by atoms with Gasteiger partial charge in [0, 0.05) is 5.92 Å². The van der Waals surface area contributed by atoms with Crippen molar-refractivity contribution >= 4 is 0 Å². The Morgan fingerprint density at radius 3 is 2.60 bits per heavy atom. The predicted molar refractivity (Wildman–Crippen MR) is 52.8 cm³/mol. The van der Waals surface area contributed by atoms with Gasteiger partial charge in [0.1, 0.15) is 11.4 Å². The Morgan fingerprint density at radius 1 is 1.40 bits per heavy atom. The summed E-state index contributed by atoms with van der Waals surface area (Å²) in [4.78, 5) is 0. The Kier molecular flexibility index (Phi) is 3.01. The highest BCUT2D eigenvalue weighted by Crippen LogP contribution is 2.35. The molecule has 0 aromatic rings. The third kappa shape index (κ3) is 1.94. The van der Waals surface area contributed by atoms with Crippen LogP contribution in [0, 0.1) is 29.0 Å². The fourth-order valence-electron chi connectivity index (χ4n) is 1.54. The first-order valence-corrected chi connectivity index (χ1v) is 4.58. The van der Waals surface area contributed by atoms with Gasteiger partial charge in [0.15, 0.2) is 0 Å². The quantitative estimate of drug-likeness (QED) is 0.647. The van der Waals surface area contributed by atoms with E-state index in [0.29, 0.717) is 5.76 Å². The van der Waals surface area contributed by atoms with Gasteiger partial charge in [-0.1, -0.05) is 6.92 Å². The minimum absolute atomic E-state index is 0.00880. The summed E-state index contributed by atoms with van der Waals surface area (Å²) in [6, 6.07) is 0. The average Bonchev–Trinajstić information content (AvgIpc) is 2.20. The zero-order valence-corrected chi connectivity index (χ0v) is 8.94. The molecular weight excluding hydrogens is 192 g/mol. The van der Waals surface area contributed by atoms with Crippen LogP contribution in [0.15, 0.2) is 23.5 Å². The van der Waals surface area contributed by atoms with E-state index in [9.17, 15) is 0 Å². The second-order valence-corrected chi connectivity index (χ2v) is 3.67. The number of hydrogen-bond acceptors (Lipinski definition) is 4. The van der Waals surface area contributed by atoms with Crippen molar-refractivity contribution in [3.63, 3.8) is 0 Å². The van der Waals surface area contributed by atoms with Crippen molar-refractivity contribution in [2.24, 2.45) is 5.92 Å². The topological polar surface area (TPSA) is 66.0 Å². The molecule has 0 spiro atoms. The Bertz CT molecular complexity index is 398. The second kappa shape index (κ2) is 4.06. The number of nitriles is 2. The lowest BCUT2D eigenvalue weighted by atomic mass is 9.81. The van der Waals surface area contributed by atoms with Gasteiger partial charge in [-0.25, -0.2) is 0 Å². The minimum Gasteiger partial charge on any atom is -0.416 e. The highest BCUT2D eigenvalue weighted by atomic mass is 16.5. The van der Waals surface area contributed by atoms with Gasteiger partial charge in [-0.15, -0.1) is 5.26 Å². The molecule has 15 heavy (non-hydrogen) atoms. The number of ether oxygens (including phenoxy) is 2. The van der Waals surface area contributed by atoms with Gasteiger partial charge in [0.25, 0.3) is 12.5 Å². The van der Waals surface area contributed by atoms with Gasteiger partial charge in [-0.3, -0.25) is 0 Å². The number of rotatable bonds is 2. The summed E-state index contributed by atoms with van der Waals surface area (Å²) in [5.74, 6) is 0.523. The molecule has 0 N–H and O–H groups in total. The van der Waals surface area contributed by atoms with Crippen LogP contribution in [0.25, 0.3) is 0 Å². The molecule has 0 radical (unpaired) electrons. The smallest absolute Gasteiger partial charge is 0.292 e. The lowest BCUT2D eigenvalue weighted by molar-refractivity contribution is 0.0579. The van der Waals surface area contributed by atoms with Crippen LogP contribution in [-0.2, 0) is 9.47 Å². The van der Waals surface area contributed by atoms with Gasteiger partial charge < -0.3 is 9.47 Å². The monoisotopic (exact) mass is 204 g/mol. The molecule has 1 aliphatic carbocycles. The molecule has 0 aromatic carbocycles. The maximum absolute atomic E-state index is 8.55. The molecule has 0 saturated carbocycles. The third-order valence-electron chi connectivity index (χ3n) is 2.88. The van der Waals surface area contributed by atoms with E-state index in [1.807, 2.05) is 20.8 Å². The molecule has 78 valence electrons. The van der Waals surface area contributed by atoms with E-state index in [1.165, 1.54) is 0 Å². The molecule has 1 aliphatic rings. The summed E-state index contributed by atoms with van der Waals surface area (Å²) in [5, 5.41) is 17.0. The van der Waals surface area contributed by atoms with Crippen LogP contribution in [0.1, 0.15) is 20.8 Å². The Morgan fingerprint density at radius 2 is 2.07 bits per heavy atom. The third-order valence-corrected chi connectivity index (χ3v) is 2.88. The van der Waals surface area contributed by atoms with E-state index in [4.69, 9.17) is 20.0 Å². The molecule has 1 rings (SSSR count). The summed E-state index contributed by atoms with van der Waals surface area (Å²) in [5.41, 5.74) is 0.248. The van der Waals surface area contributed by atoms with Crippen molar-refractivity contribution in [1.29, 1.82) is 10.5 Å². The Hall–Kier alpha value is -1.94. The van der Waals surface area contributed by atoms with Crippen LogP contribution < -0.4 is 0 Å². The summed E-state index contributed by atoms with van der Waals surface area (Å²) in [7, 11) is 0. The normalized spacial score (nSPS) is 29.3. The van der Waals surface area contributed by atoms with Crippen molar-refractivity contribution in [3.05, 3.63) is 23.5 Å². The molecule has 4 nitrogen and oxygen atoms in total. The van der Waals surface area contributed by atoms with E-state index in [0.717, 1.165) is 5.57 Å². The number of allylic oxidation sites excluding steroid dienone is 1. The number of nitrogens with zero attached hydrogens (tertiary/aromatic N) is 2. The summed E-state index contributed by atoms with van der Waals surface area (Å²) in [6.07, 6.45) is 6.73. The molecule has 0 aromatic heterocycles. The van der Waals surface area contributed by atoms with Gasteiger partial charge in [-0.05, 0) is 31.6 Å². The first-order valence-electron chi connectivity index (χ1n) is 4.58. The molecule has 0 heterocycles. The maximum atomic E-state index is 8.55. The highest BCUT2D eigenvalue weighted by molar-refractivity contribution is 5.32. The Labute approximate surface area is 89.0 Å². The average molecular weight is 204 g/mol. The van der Waals surface area contributed by atoms with Gasteiger partial charge >= 0.3 is 0 Å². The van der Waals surface area contributed by atoms with E-state index in [2.05, 4.69) is 0 Å². The zero-order valence-electron chi connectivity index (χ0n) is 8.94.